The molecule has 242 valence electrons. The van der Waals surface area contributed by atoms with Crippen molar-refractivity contribution in [3.63, 3.8) is 0 Å². The zero-order chi connectivity index (χ0) is 33.6. The van der Waals surface area contributed by atoms with Gasteiger partial charge in [0, 0.05) is 12.8 Å². The van der Waals surface area contributed by atoms with E-state index in [2.05, 4.69) is 26.6 Å². The molecule has 2 amide bonds. The molecule has 11 nitrogen and oxygen atoms in total. The summed E-state index contributed by atoms with van der Waals surface area (Å²) in [4.78, 5) is 67.8. The zero-order valence-corrected chi connectivity index (χ0v) is 25.7. The summed E-state index contributed by atoms with van der Waals surface area (Å²) in [6.07, 6.45) is 0.282. The molecule has 0 saturated heterocycles. The maximum Gasteiger partial charge on any atom is 0.354 e. The van der Waals surface area contributed by atoms with Crippen LogP contribution in [0.15, 0.2) is 140 Å². The molecule has 1 aromatic heterocycles. The first-order chi connectivity index (χ1) is 23.4. The van der Waals surface area contributed by atoms with Gasteiger partial charge in [-0.05, 0) is 47.5 Å². The van der Waals surface area contributed by atoms with Crippen LogP contribution in [-0.4, -0.2) is 40.8 Å². The summed E-state index contributed by atoms with van der Waals surface area (Å²) in [7, 11) is 0. The van der Waals surface area contributed by atoms with Crippen LogP contribution in [0.3, 0.4) is 0 Å². The Morgan fingerprint density at radius 2 is 0.833 bits per heavy atom. The van der Waals surface area contributed by atoms with E-state index in [0.717, 1.165) is 11.1 Å². The highest BCUT2D eigenvalue weighted by Crippen LogP contribution is 2.12. The van der Waals surface area contributed by atoms with E-state index in [0.29, 0.717) is 11.4 Å². The van der Waals surface area contributed by atoms with Gasteiger partial charge in [-0.1, -0.05) is 103 Å². The van der Waals surface area contributed by atoms with Gasteiger partial charge in [0.1, 0.15) is 23.5 Å². The normalized spacial score (nSPS) is 11.7. The Hall–Kier alpha value is -6.49. The number of carbonyl (C=O) groups is 4. The Morgan fingerprint density at radius 1 is 0.479 bits per heavy atom. The van der Waals surface area contributed by atoms with Crippen LogP contribution in [0.25, 0.3) is 0 Å². The van der Waals surface area contributed by atoms with Crippen molar-refractivity contribution in [1.29, 1.82) is 0 Å². The molecule has 0 fully saturated rings. The lowest BCUT2D eigenvalue weighted by Crippen LogP contribution is -2.45. The highest BCUT2D eigenvalue weighted by Gasteiger charge is 2.27. The van der Waals surface area contributed by atoms with Crippen LogP contribution in [0, 0.1) is 0 Å². The number of para-hydroxylation sites is 2. The van der Waals surface area contributed by atoms with Crippen molar-refractivity contribution < 1.29 is 28.9 Å². The number of benzene rings is 4. The molecule has 0 saturated carbocycles. The van der Waals surface area contributed by atoms with Crippen molar-refractivity contribution >= 4 is 35.1 Å². The number of carbonyl (C=O) groups excluding carboxylic acids is 4. The van der Waals surface area contributed by atoms with E-state index in [9.17, 15) is 19.2 Å². The highest BCUT2D eigenvalue weighted by atomic mass is 16.7. The van der Waals surface area contributed by atoms with Crippen LogP contribution in [0.2, 0.25) is 0 Å². The van der Waals surface area contributed by atoms with Gasteiger partial charge in [0.15, 0.2) is 0 Å². The molecule has 0 aliphatic heterocycles. The fourth-order valence-corrected chi connectivity index (χ4v) is 4.61. The number of anilines is 2. The fourth-order valence-electron chi connectivity index (χ4n) is 4.61. The number of nitrogens with zero attached hydrogens (tertiary/aromatic N) is 1. The van der Waals surface area contributed by atoms with Crippen molar-refractivity contribution in [2.75, 3.05) is 11.0 Å². The molecular weight excluding hydrogens is 610 g/mol. The number of hydrogen-bond donors (Lipinski definition) is 4. The molecule has 0 spiro atoms. The van der Waals surface area contributed by atoms with Crippen molar-refractivity contribution in [3.8, 4) is 0 Å². The second-order valence-electron chi connectivity index (χ2n) is 10.6. The molecule has 1 heterocycles. The number of amides is 2. The molecule has 0 radical (unpaired) electrons. The molecule has 2 atom stereocenters. The van der Waals surface area contributed by atoms with Crippen LogP contribution in [0.4, 0.5) is 11.4 Å². The molecule has 0 bridgehead atoms. The van der Waals surface area contributed by atoms with Crippen LogP contribution < -0.4 is 21.6 Å². The number of hydrogen-bond acceptors (Lipinski definition) is 9. The summed E-state index contributed by atoms with van der Waals surface area (Å²) in [6, 6.07) is 38.1. The standard InChI is InChI=1S/C37H33N5O6/c43-34(39-32(24-26-14-5-1-6-15-26)36(45)47-41-28-18-9-3-10-19-28)30-22-13-23-31(38-30)35(44)40-33(25-27-16-7-2-8-17-27)37(46)48-42-29-20-11-4-12-21-29/h1-23,32-33,41-42H,24-25H2,(H,39,43)(H,40,44)/t32-,33-/m1/s1. The van der Waals surface area contributed by atoms with Gasteiger partial charge in [0.05, 0.1) is 11.4 Å². The summed E-state index contributed by atoms with van der Waals surface area (Å²) < 4.78 is 0. The van der Waals surface area contributed by atoms with E-state index in [-0.39, 0.29) is 24.2 Å². The van der Waals surface area contributed by atoms with Gasteiger partial charge >= 0.3 is 11.9 Å². The quantitative estimate of drug-likeness (QED) is 0.124. The Labute approximate surface area is 277 Å². The van der Waals surface area contributed by atoms with Crippen LogP contribution in [0.1, 0.15) is 32.1 Å². The molecule has 48 heavy (non-hydrogen) atoms. The molecule has 0 unspecified atom stereocenters. The predicted octanol–water partition coefficient (Wildman–Crippen LogP) is 4.90. The topological polar surface area (TPSA) is 148 Å². The predicted molar refractivity (Wildman–Crippen MR) is 179 cm³/mol. The van der Waals surface area contributed by atoms with Crippen LogP contribution in [-0.2, 0) is 32.1 Å². The Balaban J connectivity index is 1.28. The van der Waals surface area contributed by atoms with E-state index in [1.54, 1.807) is 48.5 Å². The molecule has 0 aliphatic carbocycles. The van der Waals surface area contributed by atoms with E-state index in [1.165, 1.54) is 18.2 Å². The number of aromatic nitrogens is 1. The fraction of sp³-hybridized carbons (Fsp3) is 0.108. The SMILES string of the molecule is O=C(N[C@H](Cc1ccccc1)C(=O)ONc1ccccc1)c1cccc(C(=O)N[C@H](Cc2ccccc2)C(=O)ONc2ccccc2)n1. The monoisotopic (exact) mass is 643 g/mol. The first-order valence-electron chi connectivity index (χ1n) is 15.1. The maximum atomic E-state index is 13.4. The van der Waals surface area contributed by atoms with E-state index in [4.69, 9.17) is 9.68 Å². The van der Waals surface area contributed by atoms with Crippen LogP contribution >= 0.6 is 0 Å². The van der Waals surface area contributed by atoms with Crippen molar-refractivity contribution in [2.45, 2.75) is 24.9 Å². The summed E-state index contributed by atoms with van der Waals surface area (Å²) in [5, 5.41) is 5.36. The second kappa shape index (κ2) is 16.7. The molecule has 5 aromatic rings. The number of rotatable bonds is 14. The lowest BCUT2D eigenvalue weighted by Gasteiger charge is -2.19. The molecular formula is C37H33N5O6. The van der Waals surface area contributed by atoms with Gasteiger partial charge in [0.2, 0.25) is 0 Å². The van der Waals surface area contributed by atoms with Gasteiger partial charge in [-0.25, -0.2) is 25.5 Å². The summed E-state index contributed by atoms with van der Waals surface area (Å²) in [5.74, 6) is -2.85. The van der Waals surface area contributed by atoms with E-state index >= 15 is 0 Å². The van der Waals surface area contributed by atoms with Gasteiger partial charge in [0.25, 0.3) is 11.8 Å². The minimum Gasteiger partial charge on any atom is -0.341 e. The summed E-state index contributed by atoms with van der Waals surface area (Å²) >= 11 is 0. The summed E-state index contributed by atoms with van der Waals surface area (Å²) in [5.41, 5.74) is 7.67. The second-order valence-corrected chi connectivity index (χ2v) is 10.6. The smallest absolute Gasteiger partial charge is 0.341 e. The third-order valence-electron chi connectivity index (χ3n) is 7.05. The molecule has 0 aliphatic rings. The third-order valence-corrected chi connectivity index (χ3v) is 7.05. The Bertz CT molecular complexity index is 1680. The average molecular weight is 644 g/mol. The first-order valence-corrected chi connectivity index (χ1v) is 15.1. The van der Waals surface area contributed by atoms with Crippen molar-refractivity contribution in [3.05, 3.63) is 162 Å². The average Bonchev–Trinajstić information content (AvgIpc) is 3.14. The van der Waals surface area contributed by atoms with Gasteiger partial charge in [-0.15, -0.1) is 0 Å². The molecule has 4 N–H and O–H groups in total. The molecule has 5 rings (SSSR count). The summed E-state index contributed by atoms with van der Waals surface area (Å²) in [6.45, 7) is 0. The lowest BCUT2D eigenvalue weighted by atomic mass is 10.1. The zero-order valence-electron chi connectivity index (χ0n) is 25.7. The van der Waals surface area contributed by atoms with Crippen molar-refractivity contribution in [2.24, 2.45) is 0 Å². The van der Waals surface area contributed by atoms with E-state index in [1.807, 2.05) is 72.8 Å². The van der Waals surface area contributed by atoms with Crippen molar-refractivity contribution in [1.82, 2.24) is 15.6 Å². The van der Waals surface area contributed by atoms with Crippen LogP contribution in [0.5, 0.6) is 0 Å². The lowest BCUT2D eigenvalue weighted by molar-refractivity contribution is -0.143. The maximum absolute atomic E-state index is 13.4. The Kier molecular flexibility index (Phi) is 11.5. The largest absolute Gasteiger partial charge is 0.354 e. The van der Waals surface area contributed by atoms with Gasteiger partial charge in [-0.3, -0.25) is 9.59 Å². The highest BCUT2D eigenvalue weighted by molar-refractivity contribution is 5.99. The third kappa shape index (κ3) is 9.75. The minimum absolute atomic E-state index is 0.113. The number of pyridine rings is 1. The minimum atomic E-state index is -1.09. The Morgan fingerprint density at radius 3 is 1.21 bits per heavy atom. The molecule has 11 heteroatoms. The van der Waals surface area contributed by atoms with Gasteiger partial charge in [-0.2, -0.15) is 0 Å². The van der Waals surface area contributed by atoms with Gasteiger partial charge < -0.3 is 20.3 Å². The number of nitrogens with one attached hydrogen (secondary N) is 4. The molecule has 4 aromatic carbocycles. The van der Waals surface area contributed by atoms with E-state index < -0.39 is 35.8 Å². The first kappa shape index (κ1) is 32.9.